The van der Waals surface area contributed by atoms with Crippen molar-refractivity contribution in [1.29, 1.82) is 0 Å². The highest BCUT2D eigenvalue weighted by Crippen LogP contribution is 2.31. The Hall–Kier alpha value is -1.02. The van der Waals surface area contributed by atoms with Gasteiger partial charge in [-0.05, 0) is 24.6 Å². The fourth-order valence-electron chi connectivity index (χ4n) is 1.48. The smallest absolute Gasteiger partial charge is 0.273 e. The molecule has 0 aliphatic heterocycles. The number of rotatable bonds is 6. The predicted molar refractivity (Wildman–Crippen MR) is 85.2 cm³/mol. The van der Waals surface area contributed by atoms with Gasteiger partial charge >= 0.3 is 0 Å². The van der Waals surface area contributed by atoms with Crippen LogP contribution in [0.5, 0.6) is 5.75 Å². The number of ether oxygens (including phenoxy) is 1. The molecule has 0 amide bonds. The van der Waals surface area contributed by atoms with Crippen LogP contribution in [0.4, 0.5) is 5.69 Å². The van der Waals surface area contributed by atoms with Crippen LogP contribution in [0.25, 0.3) is 0 Å². The van der Waals surface area contributed by atoms with E-state index in [1.807, 2.05) is 6.92 Å². The lowest BCUT2D eigenvalue weighted by molar-refractivity contribution is 0.319. The van der Waals surface area contributed by atoms with E-state index in [1.165, 1.54) is 12.3 Å². The summed E-state index contributed by atoms with van der Waals surface area (Å²) in [7, 11) is -3.77. The lowest BCUT2D eigenvalue weighted by Gasteiger charge is -2.12. The molecule has 0 saturated carbocycles. The zero-order valence-corrected chi connectivity index (χ0v) is 14.1. The Morgan fingerprint density at radius 3 is 2.76 bits per heavy atom. The molecule has 0 atom stereocenters. The second kappa shape index (κ2) is 6.83. The Morgan fingerprint density at radius 2 is 2.14 bits per heavy atom. The highest BCUT2D eigenvalue weighted by Gasteiger charge is 2.20. The zero-order chi connectivity index (χ0) is 15.5. The lowest BCUT2D eigenvalue weighted by Crippen LogP contribution is -2.12. The number of sulfonamides is 1. The van der Waals surface area contributed by atoms with Gasteiger partial charge in [0.25, 0.3) is 10.0 Å². The summed E-state index contributed by atoms with van der Waals surface area (Å²) in [5, 5.41) is 0.402. The van der Waals surface area contributed by atoms with Crippen LogP contribution in [-0.4, -0.2) is 20.0 Å². The van der Waals surface area contributed by atoms with E-state index in [2.05, 4.69) is 9.71 Å². The molecule has 9 heteroatoms. The number of hydrogen-bond acceptors (Lipinski definition) is 5. The topological polar surface area (TPSA) is 68.3 Å². The van der Waals surface area contributed by atoms with Crippen molar-refractivity contribution < 1.29 is 13.2 Å². The van der Waals surface area contributed by atoms with Crippen molar-refractivity contribution in [1.82, 2.24) is 4.98 Å². The van der Waals surface area contributed by atoms with Gasteiger partial charge in [-0.15, -0.1) is 0 Å². The second-order valence-electron chi connectivity index (χ2n) is 4.03. The number of anilines is 1. The molecule has 2 rings (SSSR count). The van der Waals surface area contributed by atoms with Gasteiger partial charge < -0.3 is 4.74 Å². The fourth-order valence-corrected chi connectivity index (χ4v) is 4.00. The van der Waals surface area contributed by atoms with Gasteiger partial charge in [-0.2, -0.15) is 0 Å². The number of halogens is 2. The minimum absolute atomic E-state index is 0.0221. The number of hydrogen-bond donors (Lipinski definition) is 1. The van der Waals surface area contributed by atoms with E-state index in [0.717, 1.165) is 17.8 Å². The number of benzene rings is 1. The first kappa shape index (κ1) is 16.4. The summed E-state index contributed by atoms with van der Waals surface area (Å²) in [5.74, 6) is 0.417. The molecule has 1 N–H and O–H groups in total. The quantitative estimate of drug-likeness (QED) is 0.837. The number of nitrogens with zero attached hydrogens (tertiary/aromatic N) is 1. The van der Waals surface area contributed by atoms with Gasteiger partial charge in [0, 0.05) is 5.02 Å². The molecular weight excluding hydrogens is 355 g/mol. The fraction of sp³-hybridized carbons (Fsp3) is 0.250. The molecule has 0 unspecified atom stereocenters. The zero-order valence-electron chi connectivity index (χ0n) is 11.0. The van der Waals surface area contributed by atoms with Crippen LogP contribution < -0.4 is 9.46 Å². The maximum absolute atomic E-state index is 12.3. The third-order valence-corrected chi connectivity index (χ3v) is 5.55. The summed E-state index contributed by atoms with van der Waals surface area (Å²) < 4.78 is 32.6. The molecule has 1 heterocycles. The van der Waals surface area contributed by atoms with E-state index >= 15 is 0 Å². The van der Waals surface area contributed by atoms with E-state index in [9.17, 15) is 8.42 Å². The molecule has 0 aliphatic carbocycles. The van der Waals surface area contributed by atoms with Crippen LogP contribution in [0, 0.1) is 0 Å². The molecule has 0 aliphatic rings. The van der Waals surface area contributed by atoms with Crippen molar-refractivity contribution in [2.75, 3.05) is 11.3 Å². The van der Waals surface area contributed by atoms with E-state index in [4.69, 9.17) is 27.9 Å². The average molecular weight is 367 g/mol. The number of nitrogens with one attached hydrogen (secondary N) is 1. The highest BCUT2D eigenvalue weighted by molar-refractivity contribution is 7.94. The average Bonchev–Trinajstić information content (AvgIpc) is 2.85. The van der Waals surface area contributed by atoms with E-state index in [-0.39, 0.29) is 14.4 Å². The molecule has 0 fully saturated rings. The third-order valence-electron chi connectivity index (χ3n) is 2.37. The van der Waals surface area contributed by atoms with Crippen LogP contribution in [0.3, 0.4) is 0 Å². The van der Waals surface area contributed by atoms with Crippen molar-refractivity contribution in [3.63, 3.8) is 0 Å². The molecule has 0 bridgehead atoms. The second-order valence-corrected chi connectivity index (χ2v) is 7.99. The van der Waals surface area contributed by atoms with Gasteiger partial charge in [0.05, 0.1) is 18.5 Å². The van der Waals surface area contributed by atoms with E-state index < -0.39 is 10.0 Å². The molecule has 5 nitrogen and oxygen atoms in total. The Morgan fingerprint density at radius 1 is 1.38 bits per heavy atom. The van der Waals surface area contributed by atoms with Crippen LogP contribution in [0.1, 0.15) is 13.3 Å². The summed E-state index contributed by atoms with van der Waals surface area (Å²) in [6, 6.07) is 4.75. The summed E-state index contributed by atoms with van der Waals surface area (Å²) in [6.07, 6.45) is 2.01. The summed E-state index contributed by atoms with van der Waals surface area (Å²) >= 11 is 12.4. The summed E-state index contributed by atoms with van der Waals surface area (Å²) in [6.45, 7) is 2.43. The maximum Gasteiger partial charge on any atom is 0.273 e. The Kier molecular flexibility index (Phi) is 5.32. The highest BCUT2D eigenvalue weighted by atomic mass is 35.5. The van der Waals surface area contributed by atoms with Gasteiger partial charge in [0.2, 0.25) is 0 Å². The van der Waals surface area contributed by atoms with Crippen LogP contribution >= 0.6 is 34.5 Å². The lowest BCUT2D eigenvalue weighted by atomic mass is 10.3. The monoisotopic (exact) mass is 366 g/mol. The normalized spacial score (nSPS) is 11.4. The molecule has 0 spiro atoms. The number of thiazole rings is 1. The van der Waals surface area contributed by atoms with E-state index in [0.29, 0.717) is 17.4 Å². The summed E-state index contributed by atoms with van der Waals surface area (Å²) in [4.78, 5) is 3.72. The standard InChI is InChI=1S/C12H12Cl2N2O3S2/c1-2-5-19-10-4-3-8(13)6-9(10)16-21(17,18)11-7-15-12(14)20-11/h3-4,6-7,16H,2,5H2,1H3. The first-order chi connectivity index (χ1) is 9.92. The van der Waals surface area contributed by atoms with Crippen LogP contribution in [0.15, 0.2) is 28.6 Å². The minimum atomic E-state index is -3.77. The minimum Gasteiger partial charge on any atom is -0.491 e. The molecule has 0 radical (unpaired) electrons. The SMILES string of the molecule is CCCOc1ccc(Cl)cc1NS(=O)(=O)c1cnc(Cl)s1. The predicted octanol–water partition coefficient (Wildman–Crippen LogP) is 4.04. The summed E-state index contributed by atoms with van der Waals surface area (Å²) in [5.41, 5.74) is 0.278. The molecule has 2 aromatic rings. The molecule has 114 valence electrons. The molecule has 21 heavy (non-hydrogen) atoms. The van der Waals surface area contributed by atoms with Crippen molar-refractivity contribution in [3.8, 4) is 5.75 Å². The van der Waals surface area contributed by atoms with Gasteiger partial charge in [-0.1, -0.05) is 41.5 Å². The largest absolute Gasteiger partial charge is 0.491 e. The van der Waals surface area contributed by atoms with Gasteiger partial charge in [-0.3, -0.25) is 4.72 Å². The molecule has 0 saturated heterocycles. The van der Waals surface area contributed by atoms with Crippen molar-refractivity contribution >= 4 is 50.2 Å². The Bertz CT molecular complexity index is 732. The van der Waals surface area contributed by atoms with Gasteiger partial charge in [-0.25, -0.2) is 13.4 Å². The van der Waals surface area contributed by atoms with Gasteiger partial charge in [0.1, 0.15) is 5.75 Å². The Labute approximate surface area is 136 Å². The number of aromatic nitrogens is 1. The first-order valence-corrected chi connectivity index (χ1v) is 9.04. The van der Waals surface area contributed by atoms with Gasteiger partial charge in [0.15, 0.2) is 8.68 Å². The van der Waals surface area contributed by atoms with Crippen molar-refractivity contribution in [2.45, 2.75) is 17.6 Å². The van der Waals surface area contributed by atoms with Crippen LogP contribution in [0.2, 0.25) is 9.49 Å². The maximum atomic E-state index is 12.3. The first-order valence-electron chi connectivity index (χ1n) is 5.99. The molecule has 1 aromatic heterocycles. The van der Waals surface area contributed by atoms with Crippen molar-refractivity contribution in [2.24, 2.45) is 0 Å². The van der Waals surface area contributed by atoms with E-state index in [1.54, 1.807) is 12.1 Å². The molecular formula is C12H12Cl2N2O3S2. The Balaban J connectivity index is 2.31. The third kappa shape index (κ3) is 4.23. The van der Waals surface area contributed by atoms with Crippen LogP contribution in [-0.2, 0) is 10.0 Å². The molecule has 1 aromatic carbocycles. The van der Waals surface area contributed by atoms with Crippen molar-refractivity contribution in [3.05, 3.63) is 33.9 Å².